The van der Waals surface area contributed by atoms with Crippen molar-refractivity contribution in [1.29, 1.82) is 0 Å². The first-order chi connectivity index (χ1) is 13.9. The first-order valence-corrected chi connectivity index (χ1v) is 10.9. The fraction of sp³-hybridized carbons (Fsp3) is 0.727. The van der Waals surface area contributed by atoms with Crippen LogP contribution in [0.5, 0.6) is 0 Å². The average Bonchev–Trinajstić information content (AvgIpc) is 3.15. The lowest BCUT2D eigenvalue weighted by atomic mass is 9.91. The largest absolute Gasteiger partial charge is 0.469 e. The van der Waals surface area contributed by atoms with E-state index in [0.29, 0.717) is 6.04 Å². The quantitative estimate of drug-likeness (QED) is 0.345. The molecule has 164 valence electrons. The van der Waals surface area contributed by atoms with Crippen LogP contribution in [-0.4, -0.2) is 42.8 Å². The molecule has 7 heteroatoms. The molecule has 0 atom stereocenters. The van der Waals surface area contributed by atoms with Crippen molar-refractivity contribution in [2.75, 3.05) is 13.1 Å². The van der Waals surface area contributed by atoms with E-state index in [-0.39, 0.29) is 12.1 Å². The number of aliphatic imine (C=N–C) groups is 1. The van der Waals surface area contributed by atoms with Crippen molar-refractivity contribution in [3.05, 3.63) is 24.2 Å². The summed E-state index contributed by atoms with van der Waals surface area (Å²) in [5, 5.41) is 9.99. The molecule has 1 aliphatic rings. The third-order valence-corrected chi connectivity index (χ3v) is 4.81. The van der Waals surface area contributed by atoms with Gasteiger partial charge in [0.2, 0.25) is 0 Å². The fourth-order valence-corrected chi connectivity index (χ4v) is 3.31. The number of ether oxygens (including phenoxy) is 1. The maximum absolute atomic E-state index is 12.0. The van der Waals surface area contributed by atoms with Gasteiger partial charge in [0.1, 0.15) is 11.4 Å². The zero-order chi connectivity index (χ0) is 21.1. The third kappa shape index (κ3) is 9.72. The lowest BCUT2D eigenvalue weighted by Gasteiger charge is -2.31. The summed E-state index contributed by atoms with van der Waals surface area (Å²) in [6, 6.07) is 4.44. The number of amides is 1. The summed E-state index contributed by atoms with van der Waals surface area (Å²) in [5.41, 5.74) is -0.464. The predicted octanol–water partition coefficient (Wildman–Crippen LogP) is 3.99. The SMILES string of the molecule is CCCCN=C(NCCc1ccco1)NC1CCC(NC(=O)OC(C)(C)C)CC1. The van der Waals surface area contributed by atoms with Gasteiger partial charge in [-0.15, -0.1) is 0 Å². The second kappa shape index (κ2) is 11.7. The van der Waals surface area contributed by atoms with Gasteiger partial charge >= 0.3 is 6.09 Å². The first kappa shape index (κ1) is 23.1. The van der Waals surface area contributed by atoms with E-state index in [1.807, 2.05) is 32.9 Å². The molecule has 0 spiro atoms. The highest BCUT2D eigenvalue weighted by molar-refractivity contribution is 5.80. The normalized spacial score (nSPS) is 20.2. The van der Waals surface area contributed by atoms with Crippen molar-refractivity contribution >= 4 is 12.1 Å². The Kier molecular flexibility index (Phi) is 9.35. The zero-order valence-electron chi connectivity index (χ0n) is 18.4. The molecule has 0 aromatic carbocycles. The van der Waals surface area contributed by atoms with Crippen LogP contribution in [0.3, 0.4) is 0 Å². The monoisotopic (exact) mass is 406 g/mol. The molecule has 0 saturated heterocycles. The van der Waals surface area contributed by atoms with E-state index in [1.54, 1.807) is 6.26 Å². The summed E-state index contributed by atoms with van der Waals surface area (Å²) in [7, 11) is 0. The standard InChI is InChI=1S/C22H38N4O3/c1-5-6-14-23-20(24-15-13-19-8-7-16-28-19)25-17-9-11-18(12-10-17)26-21(27)29-22(2,3)4/h7-8,16-18H,5-6,9-15H2,1-4H3,(H,26,27)(H2,23,24,25). The molecule has 7 nitrogen and oxygen atoms in total. The number of guanidine groups is 1. The average molecular weight is 407 g/mol. The second-order valence-corrected chi connectivity index (χ2v) is 8.68. The molecule has 1 heterocycles. The molecule has 2 rings (SSSR count). The molecule has 29 heavy (non-hydrogen) atoms. The molecule has 1 fully saturated rings. The van der Waals surface area contributed by atoms with Gasteiger partial charge in [-0.05, 0) is 65.0 Å². The summed E-state index contributed by atoms with van der Waals surface area (Å²) in [5.74, 6) is 1.84. The minimum atomic E-state index is -0.464. The Hall–Kier alpha value is -2.18. The summed E-state index contributed by atoms with van der Waals surface area (Å²) >= 11 is 0. The summed E-state index contributed by atoms with van der Waals surface area (Å²) in [6.07, 6.45) is 8.27. The third-order valence-electron chi connectivity index (χ3n) is 4.81. The number of hydrogen-bond donors (Lipinski definition) is 3. The van der Waals surface area contributed by atoms with Gasteiger partial charge in [0.25, 0.3) is 0 Å². The van der Waals surface area contributed by atoms with Crippen molar-refractivity contribution in [3.63, 3.8) is 0 Å². The predicted molar refractivity (Wildman–Crippen MR) is 116 cm³/mol. The highest BCUT2D eigenvalue weighted by Gasteiger charge is 2.25. The smallest absolute Gasteiger partial charge is 0.407 e. The van der Waals surface area contributed by atoms with E-state index in [2.05, 4.69) is 22.9 Å². The van der Waals surface area contributed by atoms with Crippen LogP contribution in [0.4, 0.5) is 4.79 Å². The molecule has 1 amide bonds. The van der Waals surface area contributed by atoms with Crippen molar-refractivity contribution in [1.82, 2.24) is 16.0 Å². The number of rotatable bonds is 8. The number of nitrogens with one attached hydrogen (secondary N) is 3. The van der Waals surface area contributed by atoms with E-state index in [4.69, 9.17) is 14.1 Å². The van der Waals surface area contributed by atoms with Crippen LogP contribution >= 0.6 is 0 Å². The van der Waals surface area contributed by atoms with Crippen LogP contribution < -0.4 is 16.0 Å². The van der Waals surface area contributed by atoms with Gasteiger partial charge in [-0.3, -0.25) is 4.99 Å². The number of alkyl carbamates (subject to hydrolysis) is 1. The molecular weight excluding hydrogens is 368 g/mol. The second-order valence-electron chi connectivity index (χ2n) is 8.68. The van der Waals surface area contributed by atoms with Crippen molar-refractivity contribution < 1.29 is 13.9 Å². The number of nitrogens with zero attached hydrogens (tertiary/aromatic N) is 1. The summed E-state index contributed by atoms with van der Waals surface area (Å²) in [6.45, 7) is 9.41. The molecule has 0 unspecified atom stereocenters. The van der Waals surface area contributed by atoms with Crippen molar-refractivity contribution in [2.45, 2.75) is 90.3 Å². The Morgan fingerprint density at radius 2 is 1.90 bits per heavy atom. The Morgan fingerprint density at radius 1 is 1.21 bits per heavy atom. The lowest BCUT2D eigenvalue weighted by Crippen LogP contribution is -2.48. The lowest BCUT2D eigenvalue weighted by molar-refractivity contribution is 0.0490. The van der Waals surface area contributed by atoms with E-state index < -0.39 is 5.60 Å². The Bertz CT molecular complexity index is 615. The topological polar surface area (TPSA) is 87.9 Å². The number of unbranched alkanes of at least 4 members (excludes halogenated alkanes) is 1. The van der Waals surface area contributed by atoms with Crippen LogP contribution in [0, 0.1) is 0 Å². The van der Waals surface area contributed by atoms with Gasteiger partial charge in [0.05, 0.1) is 6.26 Å². The van der Waals surface area contributed by atoms with Gasteiger partial charge in [-0.1, -0.05) is 13.3 Å². The van der Waals surface area contributed by atoms with Crippen LogP contribution in [-0.2, 0) is 11.2 Å². The van der Waals surface area contributed by atoms with Gasteiger partial charge in [-0.25, -0.2) is 4.79 Å². The molecule has 1 aromatic heterocycles. The van der Waals surface area contributed by atoms with Crippen molar-refractivity contribution in [3.8, 4) is 0 Å². The van der Waals surface area contributed by atoms with Gasteiger partial charge in [0, 0.05) is 31.6 Å². The van der Waals surface area contributed by atoms with Crippen LogP contribution in [0.1, 0.15) is 72.0 Å². The number of hydrogen-bond acceptors (Lipinski definition) is 4. The minimum absolute atomic E-state index is 0.176. The van der Waals surface area contributed by atoms with E-state index >= 15 is 0 Å². The first-order valence-electron chi connectivity index (χ1n) is 10.9. The number of furan rings is 1. The molecule has 3 N–H and O–H groups in total. The Labute approximate surface area is 175 Å². The van der Waals surface area contributed by atoms with E-state index in [9.17, 15) is 4.79 Å². The highest BCUT2D eigenvalue weighted by atomic mass is 16.6. The van der Waals surface area contributed by atoms with Gasteiger partial charge < -0.3 is 25.1 Å². The van der Waals surface area contributed by atoms with Crippen LogP contribution in [0.2, 0.25) is 0 Å². The maximum Gasteiger partial charge on any atom is 0.407 e. The highest BCUT2D eigenvalue weighted by Crippen LogP contribution is 2.19. The fourth-order valence-electron chi connectivity index (χ4n) is 3.31. The zero-order valence-corrected chi connectivity index (χ0v) is 18.4. The summed E-state index contributed by atoms with van der Waals surface area (Å²) < 4.78 is 10.8. The molecule has 0 bridgehead atoms. The molecular formula is C22H38N4O3. The van der Waals surface area contributed by atoms with Crippen LogP contribution in [0.15, 0.2) is 27.8 Å². The number of carbonyl (C=O) groups is 1. The molecule has 1 aliphatic carbocycles. The van der Waals surface area contributed by atoms with Gasteiger partial charge in [0.15, 0.2) is 5.96 Å². The Balaban J connectivity index is 1.75. The van der Waals surface area contributed by atoms with E-state index in [1.165, 1.54) is 0 Å². The van der Waals surface area contributed by atoms with Gasteiger partial charge in [-0.2, -0.15) is 0 Å². The van der Waals surface area contributed by atoms with E-state index in [0.717, 1.165) is 69.8 Å². The molecule has 1 saturated carbocycles. The van der Waals surface area contributed by atoms with Crippen molar-refractivity contribution in [2.24, 2.45) is 4.99 Å². The number of carbonyl (C=O) groups excluding carboxylic acids is 1. The summed E-state index contributed by atoms with van der Waals surface area (Å²) in [4.78, 5) is 16.7. The molecule has 0 aliphatic heterocycles. The molecule has 1 aromatic rings. The maximum atomic E-state index is 12.0. The minimum Gasteiger partial charge on any atom is -0.469 e. The Morgan fingerprint density at radius 3 is 2.48 bits per heavy atom. The molecule has 0 radical (unpaired) electrons. The van der Waals surface area contributed by atoms with Crippen LogP contribution in [0.25, 0.3) is 0 Å².